The predicted molar refractivity (Wildman–Crippen MR) is 90.0 cm³/mol. The van der Waals surface area contributed by atoms with Gasteiger partial charge in [0.1, 0.15) is 17.0 Å². The van der Waals surface area contributed by atoms with Gasteiger partial charge in [-0.3, -0.25) is 0 Å². The average Bonchev–Trinajstić information content (AvgIpc) is 3.11. The summed E-state index contributed by atoms with van der Waals surface area (Å²) in [5, 5.41) is 5.02. The number of anilines is 1. The Morgan fingerprint density at radius 1 is 1.10 bits per heavy atom. The van der Waals surface area contributed by atoms with E-state index in [1.165, 1.54) is 74.2 Å². The number of hydrogen-bond donors (Lipinski definition) is 2. The molecule has 1 fully saturated rings. The van der Waals surface area contributed by atoms with E-state index in [4.69, 9.17) is 0 Å². The largest absolute Gasteiger partial charge is 0.367 e. The van der Waals surface area contributed by atoms with Crippen molar-refractivity contribution in [3.8, 4) is 0 Å². The lowest BCUT2D eigenvalue weighted by atomic mass is 9.95. The lowest BCUT2D eigenvalue weighted by Crippen LogP contribution is -2.23. The van der Waals surface area contributed by atoms with Crippen LogP contribution in [-0.4, -0.2) is 23.1 Å². The number of rotatable bonds is 2. The predicted octanol–water partition coefficient (Wildman–Crippen LogP) is 3.50. The van der Waals surface area contributed by atoms with Gasteiger partial charge in [-0.2, -0.15) is 0 Å². The molecule has 0 atom stereocenters. The molecular formula is C16H24N4S. The number of nitrogens with zero attached hydrogens (tertiary/aromatic N) is 2. The molecule has 2 heterocycles. The number of aromatic nitrogens is 2. The molecule has 0 radical (unpaired) electrons. The number of thiophene rings is 1. The summed E-state index contributed by atoms with van der Waals surface area (Å²) >= 11 is 1.87. The van der Waals surface area contributed by atoms with Crippen molar-refractivity contribution in [1.82, 2.24) is 9.97 Å². The molecular weight excluding hydrogens is 280 g/mol. The highest BCUT2D eigenvalue weighted by molar-refractivity contribution is 7.19. The van der Waals surface area contributed by atoms with E-state index in [-0.39, 0.29) is 0 Å². The molecule has 2 aliphatic rings. The van der Waals surface area contributed by atoms with Crippen molar-refractivity contribution < 1.29 is 0 Å². The van der Waals surface area contributed by atoms with Crippen LogP contribution in [0, 0.1) is 0 Å². The molecule has 0 aliphatic heterocycles. The summed E-state index contributed by atoms with van der Waals surface area (Å²) in [5.74, 6) is 1.09. The molecule has 2 aromatic rings. The highest BCUT2D eigenvalue weighted by Gasteiger charge is 2.22. The molecule has 0 unspecified atom stereocenters. The standard InChI is InChI=1S/C15H19N3S.CH5N/c1-2-5-10(6-3-1)18-14-13-11-7-4-8-12(11)19-15(13)17-9-16-14;1-2/h9-10H,1-8H2,(H,16,17,18);2H2,1H3. The number of aryl methyl sites for hydroxylation is 2. The van der Waals surface area contributed by atoms with Gasteiger partial charge in [-0.05, 0) is 44.7 Å². The van der Waals surface area contributed by atoms with Crippen LogP contribution in [-0.2, 0) is 12.8 Å². The molecule has 0 bridgehead atoms. The summed E-state index contributed by atoms with van der Waals surface area (Å²) in [6.45, 7) is 0. The fraction of sp³-hybridized carbons (Fsp3) is 0.625. The van der Waals surface area contributed by atoms with E-state index in [1.807, 2.05) is 11.3 Å². The van der Waals surface area contributed by atoms with Gasteiger partial charge in [-0.15, -0.1) is 11.3 Å². The fourth-order valence-corrected chi connectivity index (χ4v) is 4.71. The SMILES string of the molecule is CN.c1nc(NC2CCCCC2)c2c3c(sc2n1)CCC3. The van der Waals surface area contributed by atoms with Gasteiger partial charge in [0, 0.05) is 10.9 Å². The van der Waals surface area contributed by atoms with E-state index >= 15 is 0 Å². The van der Waals surface area contributed by atoms with Crippen molar-refractivity contribution in [2.75, 3.05) is 12.4 Å². The van der Waals surface area contributed by atoms with Gasteiger partial charge in [0.2, 0.25) is 0 Å². The van der Waals surface area contributed by atoms with E-state index < -0.39 is 0 Å². The van der Waals surface area contributed by atoms with Gasteiger partial charge in [0.25, 0.3) is 0 Å². The maximum absolute atomic E-state index is 4.54. The Kier molecular flexibility index (Phi) is 4.70. The van der Waals surface area contributed by atoms with Crippen molar-refractivity contribution in [2.24, 2.45) is 5.73 Å². The highest BCUT2D eigenvalue weighted by Crippen LogP contribution is 2.39. The molecule has 0 aromatic carbocycles. The van der Waals surface area contributed by atoms with Crippen LogP contribution < -0.4 is 11.1 Å². The molecule has 0 saturated heterocycles. The van der Waals surface area contributed by atoms with Crippen LogP contribution in [0.5, 0.6) is 0 Å². The number of nitrogens with two attached hydrogens (primary N) is 1. The van der Waals surface area contributed by atoms with E-state index in [0.29, 0.717) is 6.04 Å². The Morgan fingerprint density at radius 2 is 1.90 bits per heavy atom. The first kappa shape index (κ1) is 14.7. The lowest BCUT2D eigenvalue weighted by Gasteiger charge is -2.23. The summed E-state index contributed by atoms with van der Waals surface area (Å²) in [5.41, 5.74) is 6.03. The van der Waals surface area contributed by atoms with Crippen LogP contribution in [0.25, 0.3) is 10.2 Å². The van der Waals surface area contributed by atoms with Crippen molar-refractivity contribution in [3.05, 3.63) is 16.8 Å². The molecule has 3 N–H and O–H groups in total. The Hall–Kier alpha value is -1.20. The molecule has 4 nitrogen and oxygen atoms in total. The number of hydrogen-bond acceptors (Lipinski definition) is 5. The molecule has 4 rings (SSSR count). The second-order valence-electron chi connectivity index (χ2n) is 5.74. The smallest absolute Gasteiger partial charge is 0.138 e. The normalized spacial score (nSPS) is 18.2. The first-order valence-electron chi connectivity index (χ1n) is 8.01. The first-order chi connectivity index (χ1) is 10.4. The lowest BCUT2D eigenvalue weighted by molar-refractivity contribution is 0.462. The monoisotopic (exact) mass is 304 g/mol. The molecule has 1 saturated carbocycles. The molecule has 21 heavy (non-hydrogen) atoms. The van der Waals surface area contributed by atoms with Crippen molar-refractivity contribution in [2.45, 2.75) is 57.4 Å². The second kappa shape index (κ2) is 6.71. The zero-order valence-electron chi connectivity index (χ0n) is 12.7. The Labute approximate surface area is 130 Å². The third-order valence-electron chi connectivity index (χ3n) is 4.45. The van der Waals surface area contributed by atoms with Gasteiger partial charge in [0.05, 0.1) is 5.39 Å². The van der Waals surface area contributed by atoms with E-state index in [9.17, 15) is 0 Å². The van der Waals surface area contributed by atoms with Crippen LogP contribution in [0.15, 0.2) is 6.33 Å². The number of nitrogens with one attached hydrogen (secondary N) is 1. The second-order valence-corrected chi connectivity index (χ2v) is 6.82. The summed E-state index contributed by atoms with van der Waals surface area (Å²) in [6.07, 6.45) is 12.2. The van der Waals surface area contributed by atoms with Crippen LogP contribution in [0.3, 0.4) is 0 Å². The quantitative estimate of drug-likeness (QED) is 0.891. The third kappa shape index (κ3) is 2.90. The highest BCUT2D eigenvalue weighted by atomic mass is 32.1. The van der Waals surface area contributed by atoms with Crippen LogP contribution >= 0.6 is 11.3 Å². The van der Waals surface area contributed by atoms with Gasteiger partial charge in [-0.1, -0.05) is 19.3 Å². The Morgan fingerprint density at radius 3 is 2.71 bits per heavy atom. The summed E-state index contributed by atoms with van der Waals surface area (Å²) < 4.78 is 0. The first-order valence-corrected chi connectivity index (χ1v) is 8.83. The van der Waals surface area contributed by atoms with Gasteiger partial charge in [-0.25, -0.2) is 9.97 Å². The van der Waals surface area contributed by atoms with Gasteiger partial charge < -0.3 is 11.1 Å². The number of fused-ring (bicyclic) bond motifs is 3. The summed E-state index contributed by atoms with van der Waals surface area (Å²) in [4.78, 5) is 11.7. The third-order valence-corrected chi connectivity index (χ3v) is 5.65. The maximum atomic E-state index is 4.54. The van der Waals surface area contributed by atoms with E-state index in [0.717, 1.165) is 5.82 Å². The van der Waals surface area contributed by atoms with Crippen LogP contribution in [0.2, 0.25) is 0 Å². The molecule has 114 valence electrons. The molecule has 2 aromatic heterocycles. The summed E-state index contributed by atoms with van der Waals surface area (Å²) in [7, 11) is 1.50. The minimum absolute atomic E-state index is 0.615. The molecule has 5 heteroatoms. The minimum Gasteiger partial charge on any atom is -0.367 e. The average molecular weight is 304 g/mol. The topological polar surface area (TPSA) is 63.8 Å². The molecule has 2 aliphatic carbocycles. The van der Waals surface area contributed by atoms with Crippen molar-refractivity contribution >= 4 is 27.4 Å². The van der Waals surface area contributed by atoms with Crippen LogP contribution in [0.1, 0.15) is 49.0 Å². The zero-order chi connectivity index (χ0) is 14.7. The molecule has 0 amide bonds. The Balaban J connectivity index is 0.000000636. The van der Waals surface area contributed by atoms with Gasteiger partial charge in [0.15, 0.2) is 0 Å². The van der Waals surface area contributed by atoms with Crippen molar-refractivity contribution in [1.29, 1.82) is 0 Å². The van der Waals surface area contributed by atoms with E-state index in [1.54, 1.807) is 11.2 Å². The minimum atomic E-state index is 0.615. The van der Waals surface area contributed by atoms with Crippen molar-refractivity contribution in [3.63, 3.8) is 0 Å². The molecule has 0 spiro atoms. The van der Waals surface area contributed by atoms with E-state index in [2.05, 4.69) is 21.0 Å². The fourth-order valence-electron chi connectivity index (χ4n) is 3.48. The van der Waals surface area contributed by atoms with Crippen LogP contribution in [0.4, 0.5) is 5.82 Å². The summed E-state index contributed by atoms with van der Waals surface area (Å²) in [6, 6.07) is 0.615. The Bertz CT molecular complexity index is 602. The van der Waals surface area contributed by atoms with Gasteiger partial charge >= 0.3 is 0 Å². The zero-order valence-corrected chi connectivity index (χ0v) is 13.5. The maximum Gasteiger partial charge on any atom is 0.138 e.